The molecule has 1 aromatic carbocycles. The number of anilines is 1. The highest BCUT2D eigenvalue weighted by molar-refractivity contribution is 7.89. The van der Waals surface area contributed by atoms with Gasteiger partial charge in [0.2, 0.25) is 15.9 Å². The van der Waals surface area contributed by atoms with Gasteiger partial charge < -0.3 is 9.64 Å². The molecule has 1 aromatic rings. The highest BCUT2D eigenvalue weighted by atomic mass is 32.2. The van der Waals surface area contributed by atoms with Crippen LogP contribution in [0.3, 0.4) is 0 Å². The van der Waals surface area contributed by atoms with Gasteiger partial charge in [0.25, 0.3) is 0 Å². The number of carbonyl (C=O) groups excluding carboxylic acids is 1. The molecule has 9 heteroatoms. The van der Waals surface area contributed by atoms with Crippen molar-refractivity contribution >= 4 is 21.6 Å². The van der Waals surface area contributed by atoms with Gasteiger partial charge in [-0.3, -0.25) is 4.79 Å². The van der Waals surface area contributed by atoms with Crippen LogP contribution in [0.15, 0.2) is 12.1 Å². The molecule has 0 aromatic heterocycles. The molecular weight excluding hydrogens is 306 g/mol. The van der Waals surface area contributed by atoms with E-state index in [4.69, 9.17) is 9.88 Å². The summed E-state index contributed by atoms with van der Waals surface area (Å²) >= 11 is 0. The molecule has 0 radical (unpaired) electrons. The lowest BCUT2D eigenvalue weighted by Crippen LogP contribution is -2.28. The molecule has 1 aliphatic rings. The van der Waals surface area contributed by atoms with Crippen molar-refractivity contribution in [3.8, 4) is 5.75 Å². The van der Waals surface area contributed by atoms with Crippen molar-refractivity contribution in [3.63, 3.8) is 0 Å². The normalized spacial score (nSPS) is 19.1. The van der Waals surface area contributed by atoms with Gasteiger partial charge in [0.15, 0.2) is 11.6 Å². The molecule has 0 spiro atoms. The van der Waals surface area contributed by atoms with E-state index in [2.05, 4.69) is 0 Å². The van der Waals surface area contributed by atoms with Crippen molar-refractivity contribution in [2.75, 3.05) is 24.3 Å². The van der Waals surface area contributed by atoms with Crippen molar-refractivity contribution in [2.24, 2.45) is 11.1 Å². The first-order valence-corrected chi connectivity index (χ1v) is 7.76. The largest absolute Gasteiger partial charge is 0.494 e. The van der Waals surface area contributed by atoms with Crippen LogP contribution >= 0.6 is 0 Å². The number of rotatable bonds is 4. The average Bonchev–Trinajstić information content (AvgIpc) is 2.70. The van der Waals surface area contributed by atoms with Crippen LogP contribution in [-0.2, 0) is 14.8 Å². The first-order valence-electron chi connectivity index (χ1n) is 6.05. The predicted molar refractivity (Wildman–Crippen MR) is 71.3 cm³/mol. The molecule has 0 saturated carbocycles. The van der Waals surface area contributed by atoms with Crippen LogP contribution in [0.25, 0.3) is 0 Å². The van der Waals surface area contributed by atoms with Gasteiger partial charge in [0.05, 0.1) is 18.6 Å². The van der Waals surface area contributed by atoms with Gasteiger partial charge in [-0.05, 0) is 0 Å². The van der Waals surface area contributed by atoms with Crippen LogP contribution in [0.2, 0.25) is 0 Å². The molecule has 1 fully saturated rings. The standard InChI is InChI=1S/C12H14F2N2O4S/c1-20-11-4-9(14)8(13)3-10(11)16-5-7(2-12(16)17)6-21(15,18)19/h3-4,7H,2,5-6H2,1H3,(H2,15,18,19). The van der Waals surface area contributed by atoms with Gasteiger partial charge in [-0.1, -0.05) is 0 Å². The third kappa shape index (κ3) is 3.48. The van der Waals surface area contributed by atoms with Gasteiger partial charge in [-0.2, -0.15) is 0 Å². The van der Waals surface area contributed by atoms with E-state index >= 15 is 0 Å². The SMILES string of the molecule is COc1cc(F)c(F)cc1N1CC(CS(N)(=O)=O)CC1=O. The minimum Gasteiger partial charge on any atom is -0.494 e. The summed E-state index contributed by atoms with van der Waals surface area (Å²) in [5, 5.41) is 4.95. The smallest absolute Gasteiger partial charge is 0.227 e. The molecule has 1 saturated heterocycles. The van der Waals surface area contributed by atoms with E-state index in [-0.39, 0.29) is 30.2 Å². The molecule has 1 unspecified atom stereocenters. The van der Waals surface area contributed by atoms with Crippen LogP contribution in [-0.4, -0.2) is 33.7 Å². The average molecular weight is 320 g/mol. The maximum absolute atomic E-state index is 13.4. The van der Waals surface area contributed by atoms with Gasteiger partial charge in [0, 0.05) is 31.0 Å². The fourth-order valence-electron chi connectivity index (χ4n) is 2.35. The summed E-state index contributed by atoms with van der Waals surface area (Å²) in [5.41, 5.74) is 0.0679. The predicted octanol–water partition coefficient (Wildman–Crippen LogP) is 0.615. The lowest BCUT2D eigenvalue weighted by molar-refractivity contribution is -0.117. The van der Waals surface area contributed by atoms with Crippen LogP contribution in [0.1, 0.15) is 6.42 Å². The Labute approximate surface area is 120 Å². The summed E-state index contributed by atoms with van der Waals surface area (Å²) in [6.45, 7) is 0.0523. The van der Waals surface area contributed by atoms with E-state index < -0.39 is 33.5 Å². The summed E-state index contributed by atoms with van der Waals surface area (Å²) in [4.78, 5) is 13.1. The molecule has 0 bridgehead atoms. The van der Waals surface area contributed by atoms with Crippen molar-refractivity contribution in [1.82, 2.24) is 0 Å². The molecule has 1 atom stereocenters. The lowest BCUT2D eigenvalue weighted by atomic mass is 10.1. The zero-order valence-electron chi connectivity index (χ0n) is 11.2. The number of sulfonamides is 1. The minimum absolute atomic E-state index is 0.00138. The van der Waals surface area contributed by atoms with E-state index in [9.17, 15) is 22.0 Å². The number of amides is 1. The van der Waals surface area contributed by atoms with Gasteiger partial charge >= 0.3 is 0 Å². The topological polar surface area (TPSA) is 89.7 Å². The van der Waals surface area contributed by atoms with Gasteiger partial charge in [0.1, 0.15) is 5.75 Å². The zero-order chi connectivity index (χ0) is 15.8. The van der Waals surface area contributed by atoms with Crippen LogP contribution in [0.5, 0.6) is 5.75 Å². The van der Waals surface area contributed by atoms with Crippen LogP contribution < -0.4 is 14.8 Å². The van der Waals surface area contributed by atoms with Crippen molar-refractivity contribution in [1.29, 1.82) is 0 Å². The fraction of sp³-hybridized carbons (Fsp3) is 0.417. The van der Waals surface area contributed by atoms with Gasteiger partial charge in [-0.25, -0.2) is 22.3 Å². The van der Waals surface area contributed by atoms with E-state index in [0.717, 1.165) is 12.1 Å². The highest BCUT2D eigenvalue weighted by Gasteiger charge is 2.34. The lowest BCUT2D eigenvalue weighted by Gasteiger charge is -2.19. The third-order valence-corrected chi connectivity index (χ3v) is 4.12. The molecule has 1 aliphatic heterocycles. The molecule has 6 nitrogen and oxygen atoms in total. The number of methoxy groups -OCH3 is 1. The summed E-state index contributed by atoms with van der Waals surface area (Å²) in [6, 6.07) is 1.69. The Hall–Kier alpha value is -1.74. The number of benzene rings is 1. The molecule has 2 N–H and O–H groups in total. The number of ether oxygens (including phenoxy) is 1. The van der Waals surface area contributed by atoms with Crippen molar-refractivity contribution in [2.45, 2.75) is 6.42 Å². The molecule has 116 valence electrons. The molecule has 2 rings (SSSR count). The zero-order valence-corrected chi connectivity index (χ0v) is 12.0. The summed E-state index contributed by atoms with van der Waals surface area (Å²) in [6.07, 6.45) is -0.0292. The van der Waals surface area contributed by atoms with Crippen molar-refractivity contribution in [3.05, 3.63) is 23.8 Å². The number of hydrogen-bond acceptors (Lipinski definition) is 4. The Balaban J connectivity index is 2.31. The number of hydrogen-bond donors (Lipinski definition) is 1. The Bertz CT molecular complexity index is 678. The number of halogens is 2. The second-order valence-corrected chi connectivity index (χ2v) is 6.50. The Morgan fingerprint density at radius 3 is 2.57 bits per heavy atom. The third-order valence-electron chi connectivity index (χ3n) is 3.19. The molecule has 21 heavy (non-hydrogen) atoms. The fourth-order valence-corrected chi connectivity index (χ4v) is 3.23. The summed E-state index contributed by atoms with van der Waals surface area (Å²) < 4.78 is 53.6. The maximum atomic E-state index is 13.4. The van der Waals surface area contributed by atoms with Crippen LogP contribution in [0.4, 0.5) is 14.5 Å². The first-order chi connectivity index (χ1) is 9.71. The highest BCUT2D eigenvalue weighted by Crippen LogP contribution is 2.34. The molecule has 1 amide bonds. The molecule has 0 aliphatic carbocycles. The van der Waals surface area contributed by atoms with Crippen LogP contribution in [0, 0.1) is 17.6 Å². The first kappa shape index (κ1) is 15.6. The summed E-state index contributed by atoms with van der Waals surface area (Å²) in [5.74, 6) is -3.45. The molecular formula is C12H14F2N2O4S. The monoisotopic (exact) mass is 320 g/mol. The number of carbonyl (C=O) groups is 1. The number of nitrogens with zero attached hydrogens (tertiary/aromatic N) is 1. The number of nitrogens with two attached hydrogens (primary N) is 1. The van der Waals surface area contributed by atoms with E-state index in [1.807, 2.05) is 0 Å². The Morgan fingerprint density at radius 1 is 1.38 bits per heavy atom. The van der Waals surface area contributed by atoms with E-state index in [1.54, 1.807) is 0 Å². The molecule has 1 heterocycles. The van der Waals surface area contributed by atoms with E-state index in [1.165, 1.54) is 12.0 Å². The maximum Gasteiger partial charge on any atom is 0.227 e. The Morgan fingerprint density at radius 2 is 2.00 bits per heavy atom. The second-order valence-electron chi connectivity index (χ2n) is 4.84. The second kappa shape index (κ2) is 5.57. The minimum atomic E-state index is -3.71. The summed E-state index contributed by atoms with van der Waals surface area (Å²) in [7, 11) is -2.45. The Kier molecular flexibility index (Phi) is 4.15. The van der Waals surface area contributed by atoms with E-state index in [0.29, 0.717) is 0 Å². The number of primary sulfonamides is 1. The quantitative estimate of drug-likeness (QED) is 0.880. The van der Waals surface area contributed by atoms with Gasteiger partial charge in [-0.15, -0.1) is 0 Å². The van der Waals surface area contributed by atoms with Crippen molar-refractivity contribution < 1.29 is 26.7 Å².